The summed E-state index contributed by atoms with van der Waals surface area (Å²) in [4.78, 5) is 44.7. The summed E-state index contributed by atoms with van der Waals surface area (Å²) < 4.78 is 27.9. The summed E-state index contributed by atoms with van der Waals surface area (Å²) in [6.45, 7) is 19.3. The van der Waals surface area contributed by atoms with E-state index >= 15 is 0 Å². The van der Waals surface area contributed by atoms with E-state index in [4.69, 9.17) is 58.8 Å². The van der Waals surface area contributed by atoms with E-state index in [2.05, 4.69) is 152 Å². The van der Waals surface area contributed by atoms with Gasteiger partial charge in [0.15, 0.2) is 0 Å². The number of unbranched alkanes of at least 4 members (excludes halogenated alkanes) is 4. The predicted octanol–water partition coefficient (Wildman–Crippen LogP) is 16.7. The van der Waals surface area contributed by atoms with E-state index in [1.54, 1.807) is 0 Å². The van der Waals surface area contributed by atoms with Crippen molar-refractivity contribution in [1.82, 2.24) is 39.9 Å². The van der Waals surface area contributed by atoms with Crippen LogP contribution in [0.5, 0.6) is 23.0 Å². The first-order valence-electron chi connectivity index (χ1n) is 28.7. The maximum atomic E-state index is 6.97. The molecule has 0 amide bonds. The third-order valence-electron chi connectivity index (χ3n) is 16.2. The SMILES string of the molecule is CCCCOc1c2c(c(C)c3ccccc13)-c1nc-2nc2[n-]c(nc3nc(nc4[n-]c(n1)c1c(C)c5ccccc5c(OCCCC)c41)-c1c-3c(OCCCC)c3ccccc3c1C)c1c(OCCCC)c3ccccc3c(C)c21.[Cu+2]. The van der Waals surface area contributed by atoms with Gasteiger partial charge in [-0.25, -0.2) is 9.97 Å². The Morgan fingerprint density at radius 3 is 0.889 bits per heavy atom. The van der Waals surface area contributed by atoms with Crippen molar-refractivity contribution < 1.29 is 36.0 Å². The molecule has 0 N–H and O–H groups in total. The van der Waals surface area contributed by atoms with E-state index < -0.39 is 0 Å². The van der Waals surface area contributed by atoms with Crippen LogP contribution in [0.4, 0.5) is 0 Å². The fraction of sp³-hybridized carbons (Fsp3) is 0.294. The van der Waals surface area contributed by atoms with Crippen molar-refractivity contribution in [3.8, 4) is 68.5 Å². The van der Waals surface area contributed by atoms with Crippen molar-refractivity contribution in [3.63, 3.8) is 0 Å². The number of benzene rings is 8. The number of aryl methyl sites for hydroxylation is 4. The molecule has 3 aromatic heterocycles. The van der Waals surface area contributed by atoms with Gasteiger partial charge in [0.05, 0.1) is 60.9 Å². The predicted molar refractivity (Wildman–Crippen MR) is 325 cm³/mol. The van der Waals surface area contributed by atoms with Crippen LogP contribution in [0.15, 0.2) is 97.1 Å². The van der Waals surface area contributed by atoms with Crippen LogP contribution < -0.4 is 28.9 Å². The molecule has 1 radical (unpaired) electrons. The van der Waals surface area contributed by atoms with Crippen LogP contribution in [0.2, 0.25) is 0 Å². The van der Waals surface area contributed by atoms with Gasteiger partial charge < -0.3 is 48.9 Å². The van der Waals surface area contributed by atoms with E-state index in [0.29, 0.717) is 95.3 Å². The molecule has 0 spiro atoms. The van der Waals surface area contributed by atoms with Gasteiger partial charge in [0.25, 0.3) is 0 Å². The molecule has 8 aromatic carbocycles. The van der Waals surface area contributed by atoms with Gasteiger partial charge in [0, 0.05) is 76.8 Å². The number of hydrogen-bond acceptors (Lipinski definition) is 10. The monoisotopic (exact) mass is 1120 g/mol. The fourth-order valence-corrected chi connectivity index (χ4v) is 12.1. The van der Waals surface area contributed by atoms with Crippen molar-refractivity contribution in [2.75, 3.05) is 26.4 Å². The van der Waals surface area contributed by atoms with Crippen molar-refractivity contribution in [1.29, 1.82) is 0 Å². The summed E-state index contributed by atoms with van der Waals surface area (Å²) in [5.74, 6) is 4.55. The average molecular weight is 1120 g/mol. The molecule has 2 aliphatic rings. The van der Waals surface area contributed by atoms with Gasteiger partial charge in [-0.2, -0.15) is 0 Å². The van der Waals surface area contributed by atoms with E-state index in [-0.39, 0.29) is 17.1 Å². The second-order valence-corrected chi connectivity index (χ2v) is 21.3. The molecule has 13 rings (SSSR count). The molecule has 13 heteroatoms. The third-order valence-corrected chi connectivity index (χ3v) is 16.2. The molecule has 5 heterocycles. The number of hydrogen-bond donors (Lipinski definition) is 0. The molecule has 0 unspecified atom stereocenters. The summed E-state index contributed by atoms with van der Waals surface area (Å²) in [5, 5.41) is 11.1. The topological polar surface area (TPSA) is 142 Å². The first kappa shape index (κ1) is 53.5. The maximum absolute atomic E-state index is 6.97. The maximum Gasteiger partial charge on any atom is 2.00 e. The molecule has 11 aromatic rings. The minimum atomic E-state index is 0. The first-order valence-corrected chi connectivity index (χ1v) is 28.7. The number of ether oxygens (including phenoxy) is 4. The molecule has 0 saturated heterocycles. The van der Waals surface area contributed by atoms with Crippen molar-refractivity contribution in [3.05, 3.63) is 119 Å². The van der Waals surface area contributed by atoms with Crippen LogP contribution in [0.25, 0.3) is 133 Å². The summed E-state index contributed by atoms with van der Waals surface area (Å²) >= 11 is 0. The normalized spacial score (nSPS) is 12.0. The molecule has 8 bridgehead atoms. The van der Waals surface area contributed by atoms with Gasteiger partial charge in [-0.15, -0.1) is 0 Å². The third kappa shape index (κ3) is 8.79. The minimum Gasteiger partial charge on any atom is -0.492 e. The summed E-state index contributed by atoms with van der Waals surface area (Å²) in [6, 6.07) is 33.6. The van der Waals surface area contributed by atoms with E-state index in [1.165, 1.54) is 0 Å². The van der Waals surface area contributed by atoms with Gasteiger partial charge in [0.2, 0.25) is 0 Å². The zero-order valence-corrected chi connectivity index (χ0v) is 48.2. The quantitative estimate of drug-likeness (QED) is 0.0671. The van der Waals surface area contributed by atoms with Crippen molar-refractivity contribution >= 4 is 87.2 Å². The van der Waals surface area contributed by atoms with Gasteiger partial charge in [-0.05, 0) is 97.2 Å². The molecular formula is C68H64CuN8O4. The Balaban J connectivity index is 0.00000651. The molecule has 2 aliphatic heterocycles. The van der Waals surface area contributed by atoms with Gasteiger partial charge in [-0.3, -0.25) is 0 Å². The van der Waals surface area contributed by atoms with Crippen LogP contribution >= 0.6 is 0 Å². The Bertz CT molecular complexity index is 4510. The van der Waals surface area contributed by atoms with E-state index in [1.807, 2.05) is 0 Å². The van der Waals surface area contributed by atoms with Crippen molar-refractivity contribution in [2.45, 2.75) is 107 Å². The Kier molecular flexibility index (Phi) is 14.6. The Hall–Kier alpha value is -8.12. The van der Waals surface area contributed by atoms with Crippen LogP contribution in [0, 0.1) is 27.7 Å². The molecule has 0 atom stereocenters. The fourth-order valence-electron chi connectivity index (χ4n) is 12.1. The smallest absolute Gasteiger partial charge is 0.492 e. The van der Waals surface area contributed by atoms with E-state index in [0.717, 1.165) is 161 Å². The van der Waals surface area contributed by atoms with Crippen LogP contribution in [-0.2, 0) is 17.1 Å². The number of aromatic nitrogens is 8. The molecule has 0 fully saturated rings. The standard InChI is InChI=1S/C68H64N8O4.Cu/c1-9-13-33-77-57-45-29-21-17-25-41(45)37(5)49-53(57)65-70-61(49)69-62-50-38(6)42-26-18-22-30-46(42)58(78-34-14-10-2)54(50)66(71-62)73-64-52-40(8)44-28-20-24-32-48(44)60(80-36-16-12-4)56(52)68(75-64)76-67-55-51(63(72-65)74-67)39(7)43-27-19-23-31-47(43)59(55)79-35-15-11-3;/h17-32H,9-16,33-36H2,1-8H3;/q-2;+2. The van der Waals surface area contributed by atoms with E-state index in [9.17, 15) is 0 Å². The second-order valence-electron chi connectivity index (χ2n) is 21.3. The molecule has 0 aliphatic carbocycles. The zero-order chi connectivity index (χ0) is 54.8. The number of fused-ring (bicyclic) bond motifs is 24. The average Bonchev–Trinajstić information content (AvgIpc) is 4.35. The molecule has 411 valence electrons. The van der Waals surface area contributed by atoms with Gasteiger partial charge >= 0.3 is 17.1 Å². The van der Waals surface area contributed by atoms with Crippen LogP contribution in [0.3, 0.4) is 0 Å². The first-order chi connectivity index (χ1) is 39.2. The molecule has 0 saturated carbocycles. The summed E-state index contributed by atoms with van der Waals surface area (Å²) in [6.07, 6.45) is 7.32. The number of rotatable bonds is 16. The summed E-state index contributed by atoms with van der Waals surface area (Å²) in [5.41, 5.74) is 8.86. The summed E-state index contributed by atoms with van der Waals surface area (Å²) in [7, 11) is 0. The second kappa shape index (κ2) is 22.1. The minimum absolute atomic E-state index is 0. The zero-order valence-electron chi connectivity index (χ0n) is 47.2. The van der Waals surface area contributed by atoms with Gasteiger partial charge in [-0.1, -0.05) is 150 Å². The Morgan fingerprint density at radius 1 is 0.309 bits per heavy atom. The van der Waals surface area contributed by atoms with Crippen LogP contribution in [-0.4, -0.2) is 56.3 Å². The van der Waals surface area contributed by atoms with Crippen molar-refractivity contribution in [2.24, 2.45) is 0 Å². The largest absolute Gasteiger partial charge is 2.00 e. The molecular weight excluding hydrogens is 1060 g/mol. The van der Waals surface area contributed by atoms with Gasteiger partial charge in [0.1, 0.15) is 23.0 Å². The number of nitrogens with zero attached hydrogens (tertiary/aromatic N) is 8. The Labute approximate surface area is 481 Å². The molecule has 12 nitrogen and oxygen atoms in total. The van der Waals surface area contributed by atoms with Crippen LogP contribution in [0.1, 0.15) is 101 Å². The Morgan fingerprint density at radius 2 is 0.568 bits per heavy atom. The molecule has 81 heavy (non-hydrogen) atoms.